The standard InChI is InChI=1S/C22H35NO2/c1-14(23-25-4)18-7-8-19-17-6-5-15-13-16(24)9-11-21(15,2)20(17)10-12-22(18,19)3/h13,16-20,24H,5-12H2,1-4H3/b23-14+/t16?,17-,18+,19-,20-,21-,22+/m0/s1. The van der Waals surface area contributed by atoms with Gasteiger partial charge in [-0.05, 0) is 86.9 Å². The summed E-state index contributed by atoms with van der Waals surface area (Å²) in [6, 6.07) is 0. The fourth-order valence-electron chi connectivity index (χ4n) is 7.60. The van der Waals surface area contributed by atoms with E-state index in [2.05, 4.69) is 32.0 Å². The van der Waals surface area contributed by atoms with Crippen LogP contribution in [0.2, 0.25) is 0 Å². The third-order valence-corrected chi connectivity index (χ3v) is 8.83. The maximum atomic E-state index is 10.1. The van der Waals surface area contributed by atoms with E-state index in [1.165, 1.54) is 50.7 Å². The Morgan fingerprint density at radius 3 is 2.68 bits per heavy atom. The smallest absolute Gasteiger partial charge is 0.106 e. The summed E-state index contributed by atoms with van der Waals surface area (Å²) in [5.41, 5.74) is 3.52. The van der Waals surface area contributed by atoms with Crippen molar-refractivity contribution in [2.24, 2.45) is 39.7 Å². The Bertz CT molecular complexity index is 597. The van der Waals surface area contributed by atoms with Crippen LogP contribution in [-0.4, -0.2) is 24.0 Å². The van der Waals surface area contributed by atoms with E-state index in [-0.39, 0.29) is 6.10 Å². The lowest BCUT2D eigenvalue weighted by Crippen LogP contribution is -2.51. The molecule has 7 atom stereocenters. The van der Waals surface area contributed by atoms with E-state index in [1.54, 1.807) is 12.7 Å². The van der Waals surface area contributed by atoms with E-state index < -0.39 is 0 Å². The van der Waals surface area contributed by atoms with Gasteiger partial charge in [0.05, 0.1) is 11.8 Å². The van der Waals surface area contributed by atoms with Gasteiger partial charge in [-0.1, -0.05) is 30.7 Å². The van der Waals surface area contributed by atoms with Crippen molar-refractivity contribution < 1.29 is 9.94 Å². The van der Waals surface area contributed by atoms with Gasteiger partial charge in [0.2, 0.25) is 0 Å². The highest BCUT2D eigenvalue weighted by Gasteiger charge is 2.59. The maximum absolute atomic E-state index is 10.1. The molecule has 1 unspecified atom stereocenters. The van der Waals surface area contributed by atoms with Gasteiger partial charge in [-0.15, -0.1) is 0 Å². The minimum absolute atomic E-state index is 0.197. The monoisotopic (exact) mass is 345 g/mol. The fraction of sp³-hybridized carbons (Fsp3) is 0.864. The number of aliphatic hydroxyl groups is 1. The summed E-state index contributed by atoms with van der Waals surface area (Å²) >= 11 is 0. The molecule has 1 N–H and O–H groups in total. The molecule has 4 rings (SSSR count). The minimum atomic E-state index is -0.197. The van der Waals surface area contributed by atoms with Crippen molar-refractivity contribution in [3.05, 3.63) is 11.6 Å². The first-order chi connectivity index (χ1) is 11.9. The number of hydrogen-bond donors (Lipinski definition) is 1. The van der Waals surface area contributed by atoms with Crippen molar-refractivity contribution in [2.75, 3.05) is 7.11 Å². The topological polar surface area (TPSA) is 41.8 Å². The lowest BCUT2D eigenvalue weighted by Gasteiger charge is -2.58. The van der Waals surface area contributed by atoms with E-state index >= 15 is 0 Å². The summed E-state index contributed by atoms with van der Waals surface area (Å²) in [5, 5.41) is 14.4. The summed E-state index contributed by atoms with van der Waals surface area (Å²) in [6.45, 7) is 7.21. The molecule has 0 amide bonds. The van der Waals surface area contributed by atoms with Crippen LogP contribution in [0, 0.1) is 34.5 Å². The number of fused-ring (bicyclic) bond motifs is 5. The third kappa shape index (κ3) is 2.52. The Hall–Kier alpha value is -0.830. The van der Waals surface area contributed by atoms with Crippen LogP contribution in [-0.2, 0) is 4.84 Å². The minimum Gasteiger partial charge on any atom is -0.399 e. The molecule has 3 nitrogen and oxygen atoms in total. The predicted octanol–water partition coefficient (Wildman–Crippen LogP) is 4.95. The lowest BCUT2D eigenvalue weighted by atomic mass is 9.46. The van der Waals surface area contributed by atoms with Crippen molar-refractivity contribution in [1.82, 2.24) is 0 Å². The summed E-state index contributed by atoms with van der Waals surface area (Å²) in [7, 11) is 1.67. The SMILES string of the molecule is CO/N=C(\C)[C@H]1CC[C@H]2[C@@H]3CCC4=CC(O)CC[C@]4(C)[C@H]3CC[C@]12C. The van der Waals surface area contributed by atoms with Gasteiger partial charge < -0.3 is 9.94 Å². The van der Waals surface area contributed by atoms with Gasteiger partial charge in [-0.25, -0.2) is 0 Å². The van der Waals surface area contributed by atoms with Crippen molar-refractivity contribution >= 4 is 5.71 Å². The molecule has 4 aliphatic carbocycles. The van der Waals surface area contributed by atoms with Gasteiger partial charge in [-0.2, -0.15) is 0 Å². The predicted molar refractivity (Wildman–Crippen MR) is 101 cm³/mol. The molecule has 0 aromatic heterocycles. The average Bonchev–Trinajstić information content (AvgIpc) is 2.93. The summed E-state index contributed by atoms with van der Waals surface area (Å²) in [4.78, 5) is 5.10. The molecule has 3 fully saturated rings. The fourth-order valence-corrected chi connectivity index (χ4v) is 7.60. The first-order valence-corrected chi connectivity index (χ1v) is 10.4. The van der Waals surface area contributed by atoms with Gasteiger partial charge in [0.25, 0.3) is 0 Å². The molecule has 3 heteroatoms. The van der Waals surface area contributed by atoms with Crippen molar-refractivity contribution in [2.45, 2.75) is 78.2 Å². The molecule has 0 aliphatic heterocycles. The van der Waals surface area contributed by atoms with Crippen LogP contribution in [0.4, 0.5) is 0 Å². The van der Waals surface area contributed by atoms with Crippen LogP contribution in [0.25, 0.3) is 0 Å². The largest absolute Gasteiger partial charge is 0.399 e. The highest BCUT2D eigenvalue weighted by Crippen LogP contribution is 2.66. The molecule has 0 saturated heterocycles. The molecule has 25 heavy (non-hydrogen) atoms. The number of rotatable bonds is 2. The molecule has 4 aliphatic rings. The van der Waals surface area contributed by atoms with Crippen molar-refractivity contribution in [3.8, 4) is 0 Å². The lowest BCUT2D eigenvalue weighted by molar-refractivity contribution is -0.0479. The molecular weight excluding hydrogens is 310 g/mol. The third-order valence-electron chi connectivity index (χ3n) is 8.83. The van der Waals surface area contributed by atoms with Gasteiger partial charge in [0, 0.05) is 5.92 Å². The molecule has 0 bridgehead atoms. The summed E-state index contributed by atoms with van der Waals surface area (Å²) < 4.78 is 0. The number of hydrogen-bond acceptors (Lipinski definition) is 3. The highest BCUT2D eigenvalue weighted by atomic mass is 16.6. The Morgan fingerprint density at radius 2 is 1.92 bits per heavy atom. The second kappa shape index (κ2) is 6.11. The zero-order valence-electron chi connectivity index (χ0n) is 16.4. The number of allylic oxidation sites excluding steroid dienone is 1. The highest BCUT2D eigenvalue weighted by molar-refractivity contribution is 5.85. The van der Waals surface area contributed by atoms with E-state index in [9.17, 15) is 5.11 Å². The van der Waals surface area contributed by atoms with Gasteiger partial charge in [0.1, 0.15) is 7.11 Å². The summed E-state index contributed by atoms with van der Waals surface area (Å²) in [5.74, 6) is 3.10. The molecule has 0 heterocycles. The zero-order chi connectivity index (χ0) is 17.8. The second-order valence-electron chi connectivity index (χ2n) is 9.72. The molecule has 0 aromatic rings. The number of oxime groups is 1. The Balaban J connectivity index is 1.62. The molecule has 0 spiro atoms. The average molecular weight is 346 g/mol. The normalized spacial score (nSPS) is 49.7. The van der Waals surface area contributed by atoms with Crippen LogP contribution >= 0.6 is 0 Å². The zero-order valence-corrected chi connectivity index (χ0v) is 16.4. The molecule has 140 valence electrons. The molecular formula is C22H35NO2. The summed E-state index contributed by atoms with van der Waals surface area (Å²) in [6.07, 6.45) is 12.0. The van der Waals surface area contributed by atoms with Crippen LogP contribution in [0.3, 0.4) is 0 Å². The van der Waals surface area contributed by atoms with E-state index in [1.807, 2.05) is 0 Å². The Kier molecular flexibility index (Phi) is 4.30. The van der Waals surface area contributed by atoms with Crippen LogP contribution in [0.15, 0.2) is 16.8 Å². The maximum Gasteiger partial charge on any atom is 0.106 e. The van der Waals surface area contributed by atoms with Crippen LogP contribution < -0.4 is 0 Å². The van der Waals surface area contributed by atoms with E-state index in [0.29, 0.717) is 16.7 Å². The van der Waals surface area contributed by atoms with Crippen LogP contribution in [0.5, 0.6) is 0 Å². The number of aliphatic hydroxyl groups excluding tert-OH is 1. The first-order valence-electron chi connectivity index (χ1n) is 10.4. The quantitative estimate of drug-likeness (QED) is 0.437. The van der Waals surface area contributed by atoms with Crippen molar-refractivity contribution in [1.29, 1.82) is 0 Å². The second-order valence-corrected chi connectivity index (χ2v) is 9.72. The Morgan fingerprint density at radius 1 is 1.12 bits per heavy atom. The van der Waals surface area contributed by atoms with Crippen molar-refractivity contribution in [3.63, 3.8) is 0 Å². The first kappa shape index (κ1) is 17.6. The van der Waals surface area contributed by atoms with E-state index in [4.69, 9.17) is 4.84 Å². The van der Waals surface area contributed by atoms with E-state index in [0.717, 1.165) is 24.2 Å². The molecule has 0 aromatic carbocycles. The number of nitrogens with zero attached hydrogens (tertiary/aromatic N) is 1. The van der Waals surface area contributed by atoms with Gasteiger partial charge in [0.15, 0.2) is 0 Å². The van der Waals surface area contributed by atoms with Gasteiger partial charge >= 0.3 is 0 Å². The van der Waals surface area contributed by atoms with Crippen LogP contribution in [0.1, 0.15) is 72.1 Å². The molecule has 3 saturated carbocycles. The van der Waals surface area contributed by atoms with Gasteiger partial charge in [-0.3, -0.25) is 0 Å². The Labute approximate surface area is 152 Å². The molecule has 0 radical (unpaired) electrons.